The van der Waals surface area contributed by atoms with Crippen molar-refractivity contribution >= 4 is 12.1 Å². The molecule has 0 bridgehead atoms. The lowest BCUT2D eigenvalue weighted by Crippen LogP contribution is -2.17. The number of amides is 1. The number of hydrogen-bond donors (Lipinski definition) is 2. The highest BCUT2D eigenvalue weighted by Crippen LogP contribution is 2.14. The molecule has 0 heterocycles. The summed E-state index contributed by atoms with van der Waals surface area (Å²) >= 11 is 0. The largest absolute Gasteiger partial charge is 0.507 e. The third-order valence-electron chi connectivity index (χ3n) is 1.98. The van der Waals surface area contributed by atoms with Crippen molar-refractivity contribution in [3.63, 3.8) is 0 Å². The molecule has 0 aliphatic carbocycles. The van der Waals surface area contributed by atoms with Crippen LogP contribution in [0.15, 0.2) is 29.4 Å². The van der Waals surface area contributed by atoms with Crippen LogP contribution in [0.5, 0.6) is 5.75 Å². The lowest BCUT2D eigenvalue weighted by atomic mass is 10.2. The van der Waals surface area contributed by atoms with Gasteiger partial charge in [-0.3, -0.25) is 4.79 Å². The molecule has 0 unspecified atom stereocenters. The number of nitrogens with one attached hydrogen (secondary N) is 1. The van der Waals surface area contributed by atoms with Crippen molar-refractivity contribution in [1.29, 1.82) is 0 Å². The molecule has 4 heteroatoms. The number of rotatable bonds is 4. The lowest BCUT2D eigenvalue weighted by molar-refractivity contribution is 0.0952. The molecule has 0 fully saturated rings. The Kier molecular flexibility index (Phi) is 4.51. The first-order valence-corrected chi connectivity index (χ1v) is 5.21. The number of aromatic hydroxyl groups is 1. The summed E-state index contributed by atoms with van der Waals surface area (Å²) in [5, 5.41) is 13.2. The Labute approximate surface area is 95.0 Å². The van der Waals surface area contributed by atoms with Crippen LogP contribution in [0.3, 0.4) is 0 Å². The van der Waals surface area contributed by atoms with Gasteiger partial charge < -0.3 is 5.11 Å². The Hall–Kier alpha value is -1.84. The number of carbonyl (C=O) groups excluding carboxylic acids is 1. The Bertz CT molecular complexity index is 386. The van der Waals surface area contributed by atoms with E-state index in [1.165, 1.54) is 6.07 Å². The summed E-state index contributed by atoms with van der Waals surface area (Å²) in [7, 11) is 0. The highest BCUT2D eigenvalue weighted by atomic mass is 16.3. The Balaban J connectivity index is 2.54. The fraction of sp³-hybridized carbons (Fsp3) is 0.333. The lowest BCUT2D eigenvalue weighted by Gasteiger charge is -2.02. The SMILES string of the molecule is CC(C)C/C=N/NC(=O)c1ccccc1O. The van der Waals surface area contributed by atoms with E-state index in [0.29, 0.717) is 5.92 Å². The van der Waals surface area contributed by atoms with Gasteiger partial charge in [-0.05, 0) is 24.5 Å². The normalized spacial score (nSPS) is 10.9. The third kappa shape index (κ3) is 3.73. The van der Waals surface area contributed by atoms with Gasteiger partial charge in [-0.25, -0.2) is 5.43 Å². The molecule has 1 aromatic rings. The maximum Gasteiger partial charge on any atom is 0.275 e. The van der Waals surface area contributed by atoms with Gasteiger partial charge in [0.05, 0.1) is 5.56 Å². The molecule has 0 aliphatic rings. The summed E-state index contributed by atoms with van der Waals surface area (Å²) in [5.41, 5.74) is 2.59. The van der Waals surface area contributed by atoms with E-state index in [4.69, 9.17) is 0 Å². The van der Waals surface area contributed by atoms with Crippen LogP contribution in [0.1, 0.15) is 30.6 Å². The molecular weight excluding hydrogens is 204 g/mol. The van der Waals surface area contributed by atoms with Crippen LogP contribution >= 0.6 is 0 Å². The molecule has 2 N–H and O–H groups in total. The molecule has 4 nitrogen and oxygen atoms in total. The zero-order valence-electron chi connectivity index (χ0n) is 9.47. The van der Waals surface area contributed by atoms with Gasteiger partial charge in [-0.1, -0.05) is 26.0 Å². The molecule has 0 radical (unpaired) electrons. The van der Waals surface area contributed by atoms with Crippen molar-refractivity contribution in [1.82, 2.24) is 5.43 Å². The summed E-state index contributed by atoms with van der Waals surface area (Å²) in [4.78, 5) is 11.5. The fourth-order valence-electron chi connectivity index (χ4n) is 1.09. The predicted molar refractivity (Wildman–Crippen MR) is 63.5 cm³/mol. The topological polar surface area (TPSA) is 61.7 Å². The fourth-order valence-corrected chi connectivity index (χ4v) is 1.09. The highest BCUT2D eigenvalue weighted by Gasteiger charge is 2.08. The number of carbonyl (C=O) groups is 1. The van der Waals surface area contributed by atoms with Crippen molar-refractivity contribution in [2.75, 3.05) is 0 Å². The second kappa shape index (κ2) is 5.90. The number of hydrogen-bond acceptors (Lipinski definition) is 3. The number of hydrazone groups is 1. The first-order valence-electron chi connectivity index (χ1n) is 5.21. The molecule has 1 aromatic carbocycles. The minimum Gasteiger partial charge on any atom is -0.507 e. The predicted octanol–water partition coefficient (Wildman–Crippen LogP) is 2.15. The monoisotopic (exact) mass is 220 g/mol. The average molecular weight is 220 g/mol. The molecule has 16 heavy (non-hydrogen) atoms. The van der Waals surface area contributed by atoms with Gasteiger partial charge in [0.25, 0.3) is 5.91 Å². The second-order valence-corrected chi connectivity index (χ2v) is 3.90. The maximum absolute atomic E-state index is 11.5. The van der Waals surface area contributed by atoms with Gasteiger partial charge in [0.2, 0.25) is 0 Å². The van der Waals surface area contributed by atoms with Gasteiger partial charge >= 0.3 is 0 Å². The number of nitrogens with zero attached hydrogens (tertiary/aromatic N) is 1. The Morgan fingerprint density at radius 1 is 1.50 bits per heavy atom. The maximum atomic E-state index is 11.5. The number of phenolic OH excluding ortho intramolecular Hbond substituents is 1. The van der Waals surface area contributed by atoms with Crippen LogP contribution in [0.4, 0.5) is 0 Å². The Morgan fingerprint density at radius 3 is 2.81 bits per heavy atom. The number of phenols is 1. The van der Waals surface area contributed by atoms with E-state index in [9.17, 15) is 9.90 Å². The third-order valence-corrected chi connectivity index (χ3v) is 1.98. The molecule has 0 atom stereocenters. The summed E-state index contributed by atoms with van der Waals surface area (Å²) in [5.74, 6) is 0.0583. The van der Waals surface area contributed by atoms with Gasteiger partial charge in [-0.2, -0.15) is 5.10 Å². The van der Waals surface area contributed by atoms with Gasteiger partial charge in [0.15, 0.2) is 0 Å². The summed E-state index contributed by atoms with van der Waals surface area (Å²) in [6.07, 6.45) is 2.46. The molecule has 0 aliphatic heterocycles. The first kappa shape index (κ1) is 12.2. The molecule has 0 saturated carbocycles. The smallest absolute Gasteiger partial charge is 0.275 e. The van der Waals surface area contributed by atoms with Gasteiger partial charge in [0.1, 0.15) is 5.75 Å². The van der Waals surface area contributed by atoms with E-state index in [2.05, 4.69) is 24.4 Å². The summed E-state index contributed by atoms with van der Waals surface area (Å²) in [6.45, 7) is 4.13. The quantitative estimate of drug-likeness (QED) is 0.603. The zero-order valence-corrected chi connectivity index (χ0v) is 9.47. The van der Waals surface area contributed by atoms with Crippen LogP contribution in [0.2, 0.25) is 0 Å². The van der Waals surface area contributed by atoms with E-state index in [0.717, 1.165) is 6.42 Å². The van der Waals surface area contributed by atoms with Gasteiger partial charge in [0, 0.05) is 6.21 Å². The number of benzene rings is 1. The minimum atomic E-state index is -0.405. The zero-order chi connectivity index (χ0) is 12.0. The van der Waals surface area contributed by atoms with E-state index >= 15 is 0 Å². The molecule has 86 valence electrons. The minimum absolute atomic E-state index is 0.0425. The molecule has 1 amide bonds. The summed E-state index contributed by atoms with van der Waals surface area (Å²) in [6, 6.07) is 6.36. The molecular formula is C12H16N2O2. The van der Waals surface area contributed by atoms with Crippen molar-refractivity contribution in [2.45, 2.75) is 20.3 Å². The van der Waals surface area contributed by atoms with Crippen molar-refractivity contribution in [3.05, 3.63) is 29.8 Å². The van der Waals surface area contributed by atoms with E-state index in [1.54, 1.807) is 24.4 Å². The highest BCUT2D eigenvalue weighted by molar-refractivity contribution is 5.96. The van der Waals surface area contributed by atoms with Crippen molar-refractivity contribution < 1.29 is 9.90 Å². The standard InChI is InChI=1S/C12H16N2O2/c1-9(2)7-8-13-14-12(16)10-5-3-4-6-11(10)15/h3-6,8-9,15H,7H2,1-2H3,(H,14,16)/b13-8+. The molecule has 0 spiro atoms. The van der Waals surface area contributed by atoms with Crippen molar-refractivity contribution in [3.8, 4) is 5.75 Å². The van der Waals surface area contributed by atoms with Crippen LogP contribution in [-0.2, 0) is 0 Å². The van der Waals surface area contributed by atoms with Crippen LogP contribution < -0.4 is 5.43 Å². The van der Waals surface area contributed by atoms with E-state index in [1.807, 2.05) is 0 Å². The van der Waals surface area contributed by atoms with Crippen molar-refractivity contribution in [2.24, 2.45) is 11.0 Å². The van der Waals surface area contributed by atoms with Crippen LogP contribution in [0, 0.1) is 5.92 Å². The second-order valence-electron chi connectivity index (χ2n) is 3.90. The molecule has 1 rings (SSSR count). The molecule has 0 aromatic heterocycles. The molecule has 0 saturated heterocycles. The van der Waals surface area contributed by atoms with E-state index in [-0.39, 0.29) is 11.3 Å². The van der Waals surface area contributed by atoms with Crippen LogP contribution in [0.25, 0.3) is 0 Å². The number of para-hydroxylation sites is 1. The van der Waals surface area contributed by atoms with E-state index < -0.39 is 5.91 Å². The average Bonchev–Trinajstić information content (AvgIpc) is 2.24. The van der Waals surface area contributed by atoms with Crippen LogP contribution in [-0.4, -0.2) is 17.2 Å². The Morgan fingerprint density at radius 2 is 2.19 bits per heavy atom. The van der Waals surface area contributed by atoms with Gasteiger partial charge in [-0.15, -0.1) is 0 Å². The first-order chi connectivity index (χ1) is 7.61. The summed E-state index contributed by atoms with van der Waals surface area (Å²) < 4.78 is 0.